The topological polar surface area (TPSA) is 67.6 Å². The summed E-state index contributed by atoms with van der Waals surface area (Å²) in [5.74, 6) is 0.632. The molecule has 1 aliphatic rings. The molecule has 1 heterocycles. The smallest absolute Gasteiger partial charge is 0.191 e. The average Bonchev–Trinajstić information content (AvgIpc) is 2.72. The molecule has 0 atom stereocenters. The number of hydrogen-bond donors (Lipinski definition) is 2. The number of benzene rings is 1. The molecule has 4 nitrogen and oxygen atoms in total. The van der Waals surface area contributed by atoms with Crippen LogP contribution >= 0.6 is 0 Å². The van der Waals surface area contributed by atoms with E-state index in [1.54, 1.807) is 0 Å². The van der Waals surface area contributed by atoms with Gasteiger partial charge in [-0.05, 0) is 31.0 Å². The maximum Gasteiger partial charge on any atom is 0.191 e. The van der Waals surface area contributed by atoms with E-state index < -0.39 is 0 Å². The van der Waals surface area contributed by atoms with Crippen molar-refractivity contribution in [3.63, 3.8) is 0 Å². The van der Waals surface area contributed by atoms with Crippen LogP contribution in [-0.4, -0.2) is 23.9 Å². The standard InChI is InChI=1S/C13H20N4/c1-10-3-4-11-8-17(9-12(11)7-10)13(15)16-6-2-5-14/h3-4,7H,2,5-6,8-9,14H2,1H3,(H2,15,16). The monoisotopic (exact) mass is 232 g/mol. The van der Waals surface area contributed by atoms with Gasteiger partial charge in [0.05, 0.1) is 0 Å². The van der Waals surface area contributed by atoms with E-state index in [-0.39, 0.29) is 0 Å². The normalized spacial score (nSPS) is 15.2. The van der Waals surface area contributed by atoms with Crippen molar-refractivity contribution in [3.8, 4) is 0 Å². The summed E-state index contributed by atoms with van der Waals surface area (Å²) in [6, 6.07) is 6.55. The molecule has 0 radical (unpaired) electrons. The Labute approximate surface area is 102 Å². The molecule has 0 spiro atoms. The first kappa shape index (κ1) is 11.9. The number of aliphatic imine (C=N–C) groups is 1. The van der Waals surface area contributed by atoms with Gasteiger partial charge in [0.1, 0.15) is 0 Å². The molecule has 0 fully saturated rings. The van der Waals surface area contributed by atoms with Gasteiger partial charge in [0, 0.05) is 19.6 Å². The Morgan fingerprint density at radius 2 is 2.12 bits per heavy atom. The van der Waals surface area contributed by atoms with E-state index in [1.807, 2.05) is 0 Å². The fourth-order valence-electron chi connectivity index (χ4n) is 2.07. The van der Waals surface area contributed by atoms with Gasteiger partial charge in [0.15, 0.2) is 5.96 Å². The lowest BCUT2D eigenvalue weighted by Crippen LogP contribution is -2.33. The van der Waals surface area contributed by atoms with Gasteiger partial charge in [-0.1, -0.05) is 23.8 Å². The minimum Gasteiger partial charge on any atom is -0.370 e. The lowest BCUT2D eigenvalue weighted by Gasteiger charge is -2.15. The molecule has 1 aromatic carbocycles. The van der Waals surface area contributed by atoms with Crippen molar-refractivity contribution in [2.45, 2.75) is 26.4 Å². The van der Waals surface area contributed by atoms with Gasteiger partial charge in [0.2, 0.25) is 0 Å². The molecular weight excluding hydrogens is 212 g/mol. The van der Waals surface area contributed by atoms with Gasteiger partial charge >= 0.3 is 0 Å². The van der Waals surface area contributed by atoms with Gasteiger partial charge in [-0.2, -0.15) is 0 Å². The number of aryl methyl sites for hydroxylation is 1. The van der Waals surface area contributed by atoms with Gasteiger partial charge < -0.3 is 16.4 Å². The zero-order valence-electron chi connectivity index (χ0n) is 10.3. The summed E-state index contributed by atoms with van der Waals surface area (Å²) in [5.41, 5.74) is 15.4. The molecule has 0 amide bonds. The van der Waals surface area contributed by atoms with Gasteiger partial charge in [-0.25, -0.2) is 0 Å². The third-order valence-electron chi connectivity index (χ3n) is 3.04. The summed E-state index contributed by atoms with van der Waals surface area (Å²) >= 11 is 0. The van der Waals surface area contributed by atoms with Gasteiger partial charge in [-0.15, -0.1) is 0 Å². The first-order valence-corrected chi connectivity index (χ1v) is 6.04. The van der Waals surface area contributed by atoms with E-state index in [0.717, 1.165) is 19.5 Å². The zero-order chi connectivity index (χ0) is 12.3. The molecule has 0 aliphatic carbocycles. The highest BCUT2D eigenvalue weighted by atomic mass is 15.3. The molecule has 0 bridgehead atoms. The molecule has 4 N–H and O–H groups in total. The van der Waals surface area contributed by atoms with E-state index in [9.17, 15) is 0 Å². The number of hydrogen-bond acceptors (Lipinski definition) is 2. The summed E-state index contributed by atoms with van der Waals surface area (Å²) in [4.78, 5) is 6.45. The Morgan fingerprint density at radius 1 is 1.35 bits per heavy atom. The Balaban J connectivity index is 2.02. The van der Waals surface area contributed by atoms with Gasteiger partial charge in [0.25, 0.3) is 0 Å². The predicted molar refractivity (Wildman–Crippen MR) is 70.6 cm³/mol. The molecular formula is C13H20N4. The number of nitrogens with two attached hydrogens (primary N) is 2. The fraction of sp³-hybridized carbons (Fsp3) is 0.462. The highest BCUT2D eigenvalue weighted by Gasteiger charge is 2.19. The summed E-state index contributed by atoms with van der Waals surface area (Å²) < 4.78 is 0. The lowest BCUT2D eigenvalue weighted by atomic mass is 10.1. The Morgan fingerprint density at radius 3 is 2.88 bits per heavy atom. The summed E-state index contributed by atoms with van der Waals surface area (Å²) in [5, 5.41) is 0. The molecule has 17 heavy (non-hydrogen) atoms. The zero-order valence-corrected chi connectivity index (χ0v) is 10.3. The second-order valence-corrected chi connectivity index (χ2v) is 4.51. The molecule has 1 aromatic rings. The molecule has 92 valence electrons. The van der Waals surface area contributed by atoms with Crippen LogP contribution in [0.4, 0.5) is 0 Å². The third-order valence-corrected chi connectivity index (χ3v) is 3.04. The van der Waals surface area contributed by atoms with Crippen molar-refractivity contribution in [3.05, 3.63) is 34.9 Å². The predicted octanol–water partition coefficient (Wildman–Crippen LogP) is 0.974. The maximum absolute atomic E-state index is 5.97. The van der Waals surface area contributed by atoms with Crippen LogP contribution in [0.25, 0.3) is 0 Å². The molecule has 0 saturated carbocycles. The van der Waals surface area contributed by atoms with Crippen LogP contribution in [0.3, 0.4) is 0 Å². The second-order valence-electron chi connectivity index (χ2n) is 4.51. The Hall–Kier alpha value is -1.55. The van der Waals surface area contributed by atoms with Crippen molar-refractivity contribution >= 4 is 5.96 Å². The van der Waals surface area contributed by atoms with Crippen LogP contribution in [0.15, 0.2) is 23.2 Å². The second kappa shape index (κ2) is 5.19. The number of fused-ring (bicyclic) bond motifs is 1. The van der Waals surface area contributed by atoms with E-state index in [0.29, 0.717) is 19.0 Å². The highest BCUT2D eigenvalue weighted by molar-refractivity contribution is 5.78. The lowest BCUT2D eigenvalue weighted by molar-refractivity contribution is 0.440. The van der Waals surface area contributed by atoms with Crippen LogP contribution in [-0.2, 0) is 13.1 Å². The first-order chi connectivity index (χ1) is 8.20. The van der Waals surface area contributed by atoms with Crippen LogP contribution < -0.4 is 11.5 Å². The number of rotatable bonds is 3. The Bertz CT molecular complexity index is 425. The van der Waals surface area contributed by atoms with Crippen LogP contribution in [0, 0.1) is 6.92 Å². The van der Waals surface area contributed by atoms with Crippen molar-refractivity contribution in [1.82, 2.24) is 4.90 Å². The van der Waals surface area contributed by atoms with E-state index in [1.165, 1.54) is 16.7 Å². The van der Waals surface area contributed by atoms with E-state index in [2.05, 4.69) is 35.0 Å². The van der Waals surface area contributed by atoms with Crippen molar-refractivity contribution in [2.24, 2.45) is 16.5 Å². The number of guanidine groups is 1. The minimum atomic E-state index is 0.632. The third kappa shape index (κ3) is 2.77. The van der Waals surface area contributed by atoms with Crippen molar-refractivity contribution in [1.29, 1.82) is 0 Å². The first-order valence-electron chi connectivity index (χ1n) is 6.04. The van der Waals surface area contributed by atoms with E-state index in [4.69, 9.17) is 11.5 Å². The molecule has 0 saturated heterocycles. The van der Waals surface area contributed by atoms with Crippen LogP contribution in [0.1, 0.15) is 23.1 Å². The minimum absolute atomic E-state index is 0.632. The maximum atomic E-state index is 5.97. The molecule has 4 heteroatoms. The van der Waals surface area contributed by atoms with E-state index >= 15 is 0 Å². The fourth-order valence-corrected chi connectivity index (χ4v) is 2.07. The molecule has 2 rings (SSSR count). The largest absolute Gasteiger partial charge is 0.370 e. The van der Waals surface area contributed by atoms with Crippen LogP contribution in [0.5, 0.6) is 0 Å². The summed E-state index contributed by atoms with van der Waals surface area (Å²) in [6.45, 7) is 5.23. The molecule has 0 aromatic heterocycles. The Kier molecular flexibility index (Phi) is 3.64. The average molecular weight is 232 g/mol. The summed E-state index contributed by atoms with van der Waals surface area (Å²) in [7, 11) is 0. The molecule has 1 aliphatic heterocycles. The van der Waals surface area contributed by atoms with Gasteiger partial charge in [-0.3, -0.25) is 4.99 Å². The SMILES string of the molecule is Cc1ccc2c(c1)CN(C(N)=NCCCN)C2. The summed E-state index contributed by atoms with van der Waals surface area (Å²) in [6.07, 6.45) is 0.889. The van der Waals surface area contributed by atoms with Crippen molar-refractivity contribution < 1.29 is 0 Å². The highest BCUT2D eigenvalue weighted by Crippen LogP contribution is 2.23. The number of nitrogens with zero attached hydrogens (tertiary/aromatic N) is 2. The molecule has 0 unspecified atom stereocenters. The van der Waals surface area contributed by atoms with Crippen LogP contribution in [0.2, 0.25) is 0 Å². The quantitative estimate of drug-likeness (QED) is 0.463. The van der Waals surface area contributed by atoms with Crippen molar-refractivity contribution in [2.75, 3.05) is 13.1 Å².